The second-order valence-electron chi connectivity index (χ2n) is 24.3. The van der Waals surface area contributed by atoms with Gasteiger partial charge in [0.05, 0.1) is 26.4 Å². The van der Waals surface area contributed by atoms with Crippen LogP contribution < -0.4 is 0 Å². The molecular formula is C64H124O17P2. The fourth-order valence-corrected chi connectivity index (χ4v) is 11.0. The van der Waals surface area contributed by atoms with Gasteiger partial charge in [0.15, 0.2) is 12.2 Å². The Morgan fingerprint density at radius 3 is 0.916 bits per heavy atom. The molecule has 0 aromatic heterocycles. The predicted octanol–water partition coefficient (Wildman–Crippen LogP) is 17.5. The fraction of sp³-hybridized carbons (Fsp3) is 0.938. The number of hydrogen-bond donors (Lipinski definition) is 3. The van der Waals surface area contributed by atoms with Gasteiger partial charge in [-0.05, 0) is 43.4 Å². The highest BCUT2D eigenvalue weighted by Crippen LogP contribution is 2.45. The van der Waals surface area contributed by atoms with Crippen molar-refractivity contribution in [2.75, 3.05) is 39.6 Å². The lowest BCUT2D eigenvalue weighted by molar-refractivity contribution is -0.161. The van der Waals surface area contributed by atoms with Crippen LogP contribution in [0.1, 0.15) is 312 Å². The number of ether oxygens (including phenoxy) is 4. The highest BCUT2D eigenvalue weighted by Gasteiger charge is 2.30. The second kappa shape index (κ2) is 55.4. The van der Waals surface area contributed by atoms with Gasteiger partial charge in [0.2, 0.25) is 0 Å². The molecule has 0 spiro atoms. The van der Waals surface area contributed by atoms with E-state index in [-0.39, 0.29) is 25.7 Å². The summed E-state index contributed by atoms with van der Waals surface area (Å²) in [6.07, 6.45) is 36.3. The smallest absolute Gasteiger partial charge is 0.462 e. The zero-order chi connectivity index (χ0) is 61.7. The molecule has 0 amide bonds. The van der Waals surface area contributed by atoms with Gasteiger partial charge in [-0.1, -0.05) is 260 Å². The Bertz CT molecular complexity index is 1650. The Labute approximate surface area is 505 Å². The zero-order valence-electron chi connectivity index (χ0n) is 53.6. The molecule has 3 N–H and O–H groups in total. The molecule has 0 aliphatic carbocycles. The van der Waals surface area contributed by atoms with Gasteiger partial charge in [-0.2, -0.15) is 0 Å². The van der Waals surface area contributed by atoms with E-state index in [0.717, 1.165) is 120 Å². The van der Waals surface area contributed by atoms with Crippen LogP contribution in [0.25, 0.3) is 0 Å². The third-order valence-corrected chi connectivity index (χ3v) is 16.9. The summed E-state index contributed by atoms with van der Waals surface area (Å²) in [4.78, 5) is 72.1. The highest BCUT2D eigenvalue weighted by molar-refractivity contribution is 7.47. The molecule has 19 heteroatoms. The molecule has 0 fully saturated rings. The second-order valence-corrected chi connectivity index (χ2v) is 27.3. The van der Waals surface area contributed by atoms with Crippen molar-refractivity contribution in [2.45, 2.75) is 330 Å². The van der Waals surface area contributed by atoms with E-state index in [4.69, 9.17) is 37.0 Å². The Balaban J connectivity index is 5.23. The Morgan fingerprint density at radius 1 is 0.349 bits per heavy atom. The van der Waals surface area contributed by atoms with Gasteiger partial charge in [0.1, 0.15) is 19.3 Å². The normalized spacial score (nSPS) is 14.7. The van der Waals surface area contributed by atoms with Crippen molar-refractivity contribution in [3.8, 4) is 0 Å². The number of phosphoric ester groups is 2. The number of aliphatic hydroxyl groups excluding tert-OH is 1. The SMILES string of the molecule is CCCCCCCCCC(=O)OC[C@H](COP(=O)(O)OC[C@H](O)COP(=O)(O)OC[C@@H](COC(=O)CCCCCCCCCCCCC(C)C)OC(=O)CCCCCCCCCCCCC(C)C)OC(=O)CCCCCCCCC(C)CC. The first-order chi connectivity index (χ1) is 39.8. The predicted molar refractivity (Wildman–Crippen MR) is 331 cm³/mol. The Kier molecular flexibility index (Phi) is 54.1. The van der Waals surface area contributed by atoms with Gasteiger partial charge in [0.25, 0.3) is 0 Å². The first kappa shape index (κ1) is 81.1. The third kappa shape index (κ3) is 57.6. The molecule has 0 saturated carbocycles. The van der Waals surface area contributed by atoms with Crippen molar-refractivity contribution in [1.29, 1.82) is 0 Å². The number of hydrogen-bond acceptors (Lipinski definition) is 15. The molecule has 0 heterocycles. The summed E-state index contributed by atoms with van der Waals surface area (Å²) in [7, 11) is -9.88. The topological polar surface area (TPSA) is 237 Å². The van der Waals surface area contributed by atoms with E-state index in [1.54, 1.807) is 0 Å². The van der Waals surface area contributed by atoms with Gasteiger partial charge in [-0.25, -0.2) is 9.13 Å². The molecule has 0 rings (SSSR count). The van der Waals surface area contributed by atoms with Crippen molar-refractivity contribution in [3.63, 3.8) is 0 Å². The van der Waals surface area contributed by atoms with E-state index in [1.807, 2.05) is 0 Å². The summed E-state index contributed by atoms with van der Waals surface area (Å²) < 4.78 is 67.9. The average Bonchev–Trinajstić information content (AvgIpc) is 3.45. The van der Waals surface area contributed by atoms with E-state index in [0.29, 0.717) is 25.7 Å². The highest BCUT2D eigenvalue weighted by atomic mass is 31.2. The Hall–Kier alpha value is -1.94. The quantitative estimate of drug-likeness (QED) is 0.0222. The van der Waals surface area contributed by atoms with Gasteiger partial charge in [0, 0.05) is 25.7 Å². The molecule has 0 aliphatic heterocycles. The standard InChI is InChI=1S/C64H124O17P2/c1-8-10-11-12-21-31-38-45-61(66)74-51-60(81-64(69)48-41-34-27-26-30-37-44-57(7)9-2)54-79-83(72,73)77-50-58(65)49-76-82(70,71)78-53-59(80-63(68)47-40-33-25-20-16-14-18-23-29-36-43-56(5)6)52-75-62(67)46-39-32-24-19-15-13-17-22-28-35-42-55(3)4/h55-60,65H,8-54H2,1-7H3,(H,70,71)(H,72,73)/t57?,58-,59-,60-/m1/s1. The van der Waals surface area contributed by atoms with Crippen molar-refractivity contribution >= 4 is 39.5 Å². The average molecular weight is 1230 g/mol. The third-order valence-electron chi connectivity index (χ3n) is 15.0. The van der Waals surface area contributed by atoms with E-state index in [2.05, 4.69) is 48.5 Å². The fourth-order valence-electron chi connectivity index (χ4n) is 9.45. The van der Waals surface area contributed by atoms with Gasteiger partial charge in [-0.3, -0.25) is 37.3 Å². The summed E-state index contributed by atoms with van der Waals surface area (Å²) >= 11 is 0. The lowest BCUT2D eigenvalue weighted by Crippen LogP contribution is -2.30. The number of carbonyl (C=O) groups is 4. The van der Waals surface area contributed by atoms with Crippen LogP contribution >= 0.6 is 15.6 Å². The van der Waals surface area contributed by atoms with Crippen LogP contribution in [-0.4, -0.2) is 96.7 Å². The minimum atomic E-state index is -4.95. The van der Waals surface area contributed by atoms with Crippen molar-refractivity contribution in [1.82, 2.24) is 0 Å². The van der Waals surface area contributed by atoms with E-state index in [1.165, 1.54) is 109 Å². The van der Waals surface area contributed by atoms with Crippen LogP contribution in [0.15, 0.2) is 0 Å². The summed E-state index contributed by atoms with van der Waals surface area (Å²) in [6.45, 7) is 11.7. The van der Waals surface area contributed by atoms with Crippen LogP contribution in [-0.2, 0) is 65.4 Å². The number of unbranched alkanes of at least 4 members (excludes halogenated alkanes) is 29. The summed E-state index contributed by atoms with van der Waals surface area (Å²) in [6, 6.07) is 0. The first-order valence-electron chi connectivity index (χ1n) is 33.4. The molecule has 0 saturated heterocycles. The van der Waals surface area contributed by atoms with Crippen LogP contribution in [0.5, 0.6) is 0 Å². The molecule has 0 radical (unpaired) electrons. The van der Waals surface area contributed by atoms with Crippen molar-refractivity contribution in [2.24, 2.45) is 17.8 Å². The molecule has 6 atom stereocenters. The summed E-state index contributed by atoms with van der Waals surface area (Å²) in [5.41, 5.74) is 0. The monoisotopic (exact) mass is 1230 g/mol. The van der Waals surface area contributed by atoms with Crippen molar-refractivity contribution < 1.29 is 80.2 Å². The van der Waals surface area contributed by atoms with Crippen LogP contribution in [0, 0.1) is 17.8 Å². The van der Waals surface area contributed by atoms with E-state index >= 15 is 0 Å². The maximum Gasteiger partial charge on any atom is 0.472 e. The Morgan fingerprint density at radius 2 is 0.614 bits per heavy atom. The maximum absolute atomic E-state index is 13.0. The molecule has 0 aromatic carbocycles. The lowest BCUT2D eigenvalue weighted by Gasteiger charge is -2.21. The molecular weight excluding hydrogens is 1100 g/mol. The molecule has 492 valence electrons. The van der Waals surface area contributed by atoms with Gasteiger partial charge in [-0.15, -0.1) is 0 Å². The van der Waals surface area contributed by atoms with E-state index in [9.17, 15) is 43.2 Å². The molecule has 0 bridgehead atoms. The van der Waals surface area contributed by atoms with Gasteiger partial charge < -0.3 is 33.8 Å². The molecule has 83 heavy (non-hydrogen) atoms. The molecule has 17 nitrogen and oxygen atoms in total. The largest absolute Gasteiger partial charge is 0.472 e. The van der Waals surface area contributed by atoms with Crippen LogP contribution in [0.3, 0.4) is 0 Å². The zero-order valence-corrected chi connectivity index (χ0v) is 55.4. The number of aliphatic hydroxyl groups is 1. The molecule has 0 aliphatic rings. The number of phosphoric acid groups is 2. The minimum Gasteiger partial charge on any atom is -0.462 e. The van der Waals surface area contributed by atoms with Crippen molar-refractivity contribution in [3.05, 3.63) is 0 Å². The lowest BCUT2D eigenvalue weighted by atomic mass is 10.00. The van der Waals surface area contributed by atoms with Crippen LogP contribution in [0.4, 0.5) is 0 Å². The maximum atomic E-state index is 13.0. The summed E-state index contributed by atoms with van der Waals surface area (Å²) in [5.74, 6) is 0.0892. The molecule has 0 aromatic rings. The first-order valence-corrected chi connectivity index (χ1v) is 36.4. The number of carbonyl (C=O) groups excluding carboxylic acids is 4. The number of esters is 4. The van der Waals surface area contributed by atoms with E-state index < -0.39 is 97.5 Å². The number of rotatable bonds is 62. The van der Waals surface area contributed by atoms with Crippen LogP contribution in [0.2, 0.25) is 0 Å². The summed E-state index contributed by atoms with van der Waals surface area (Å²) in [5, 5.41) is 10.5. The minimum absolute atomic E-state index is 0.102. The van der Waals surface area contributed by atoms with Gasteiger partial charge >= 0.3 is 39.5 Å². The molecule has 3 unspecified atom stereocenters.